The van der Waals surface area contributed by atoms with E-state index in [1.165, 1.54) is 19.3 Å². The second-order valence-electron chi connectivity index (χ2n) is 4.72. The fourth-order valence-electron chi connectivity index (χ4n) is 2.96. The smallest absolute Gasteiger partial charge is 0.0203 e. The SMILES string of the molecule is CC=C(C)C(C)C1CC2CCC21. The van der Waals surface area contributed by atoms with Gasteiger partial charge in [0.05, 0.1) is 0 Å². The highest BCUT2D eigenvalue weighted by Gasteiger charge is 2.48. The lowest BCUT2D eigenvalue weighted by molar-refractivity contribution is -0.0463. The highest BCUT2D eigenvalue weighted by Crippen LogP contribution is 2.57. The maximum absolute atomic E-state index is 2.41. The standard InChI is InChI=1S/C12H20/c1-4-8(2)9(3)12-7-10-5-6-11(10)12/h4,9-12H,5-7H2,1-3H3. The summed E-state index contributed by atoms with van der Waals surface area (Å²) < 4.78 is 0. The molecule has 2 fully saturated rings. The van der Waals surface area contributed by atoms with E-state index in [0.29, 0.717) is 0 Å². The number of fused-ring (bicyclic) bond motifs is 1. The van der Waals surface area contributed by atoms with E-state index in [0.717, 1.165) is 23.7 Å². The van der Waals surface area contributed by atoms with Crippen LogP contribution in [-0.4, -0.2) is 0 Å². The Hall–Kier alpha value is -0.260. The maximum Gasteiger partial charge on any atom is -0.0203 e. The summed E-state index contributed by atoms with van der Waals surface area (Å²) in [6, 6.07) is 0. The second-order valence-corrected chi connectivity index (χ2v) is 4.72. The topological polar surface area (TPSA) is 0 Å². The number of hydrogen-bond donors (Lipinski definition) is 0. The van der Waals surface area contributed by atoms with Crippen LogP contribution in [0, 0.1) is 23.7 Å². The monoisotopic (exact) mass is 164 g/mol. The Balaban J connectivity index is 1.93. The highest BCUT2D eigenvalue weighted by molar-refractivity contribution is 5.09. The molecule has 2 aliphatic carbocycles. The van der Waals surface area contributed by atoms with Crippen molar-refractivity contribution in [1.82, 2.24) is 0 Å². The molecule has 4 atom stereocenters. The molecule has 0 heterocycles. The van der Waals surface area contributed by atoms with Gasteiger partial charge in [0.2, 0.25) is 0 Å². The predicted octanol–water partition coefficient (Wildman–Crippen LogP) is 3.63. The average molecular weight is 164 g/mol. The van der Waals surface area contributed by atoms with Crippen molar-refractivity contribution < 1.29 is 0 Å². The van der Waals surface area contributed by atoms with Crippen molar-refractivity contribution in [2.45, 2.75) is 40.0 Å². The summed E-state index contributed by atoms with van der Waals surface area (Å²) in [7, 11) is 0. The Morgan fingerprint density at radius 2 is 2.17 bits per heavy atom. The van der Waals surface area contributed by atoms with Gasteiger partial charge in [0.1, 0.15) is 0 Å². The number of allylic oxidation sites excluding steroid dienone is 2. The first-order valence-corrected chi connectivity index (χ1v) is 5.37. The van der Waals surface area contributed by atoms with Crippen molar-refractivity contribution in [2.24, 2.45) is 23.7 Å². The van der Waals surface area contributed by atoms with Crippen molar-refractivity contribution in [3.8, 4) is 0 Å². The molecular weight excluding hydrogens is 144 g/mol. The lowest BCUT2D eigenvalue weighted by Crippen LogP contribution is -2.47. The Kier molecular flexibility index (Phi) is 2.02. The van der Waals surface area contributed by atoms with Crippen molar-refractivity contribution in [1.29, 1.82) is 0 Å². The largest absolute Gasteiger partial charge is 0.0885 e. The molecule has 0 bridgehead atoms. The van der Waals surface area contributed by atoms with E-state index in [1.54, 1.807) is 5.57 Å². The lowest BCUT2D eigenvalue weighted by Gasteiger charge is -2.55. The van der Waals surface area contributed by atoms with E-state index < -0.39 is 0 Å². The summed E-state index contributed by atoms with van der Waals surface area (Å²) in [5, 5.41) is 0. The molecule has 68 valence electrons. The minimum atomic E-state index is 0.858. The van der Waals surface area contributed by atoms with Gasteiger partial charge in [0, 0.05) is 0 Å². The van der Waals surface area contributed by atoms with Gasteiger partial charge in [-0.3, -0.25) is 0 Å². The fourth-order valence-corrected chi connectivity index (χ4v) is 2.96. The van der Waals surface area contributed by atoms with E-state index >= 15 is 0 Å². The molecule has 12 heavy (non-hydrogen) atoms. The Morgan fingerprint density at radius 3 is 2.50 bits per heavy atom. The number of rotatable bonds is 2. The lowest BCUT2D eigenvalue weighted by atomic mass is 9.50. The third-order valence-electron chi connectivity index (χ3n) is 4.42. The van der Waals surface area contributed by atoms with Crippen LogP contribution in [-0.2, 0) is 0 Å². The first-order chi connectivity index (χ1) is 5.74. The van der Waals surface area contributed by atoms with Gasteiger partial charge in [-0.1, -0.05) is 18.6 Å². The first-order valence-electron chi connectivity index (χ1n) is 5.37. The molecule has 2 aliphatic rings. The molecule has 0 saturated heterocycles. The van der Waals surface area contributed by atoms with Gasteiger partial charge < -0.3 is 0 Å². The molecule has 0 aromatic rings. The van der Waals surface area contributed by atoms with E-state index in [9.17, 15) is 0 Å². The van der Waals surface area contributed by atoms with Crippen molar-refractivity contribution in [3.05, 3.63) is 11.6 Å². The van der Waals surface area contributed by atoms with Gasteiger partial charge in [0.15, 0.2) is 0 Å². The van der Waals surface area contributed by atoms with Gasteiger partial charge in [-0.2, -0.15) is 0 Å². The molecule has 0 radical (unpaired) electrons. The molecular formula is C12H20. The van der Waals surface area contributed by atoms with Gasteiger partial charge >= 0.3 is 0 Å². The summed E-state index contributed by atoms with van der Waals surface area (Å²) >= 11 is 0. The van der Waals surface area contributed by atoms with E-state index in [-0.39, 0.29) is 0 Å². The zero-order chi connectivity index (χ0) is 8.72. The Morgan fingerprint density at radius 1 is 1.42 bits per heavy atom. The maximum atomic E-state index is 2.41. The van der Waals surface area contributed by atoms with E-state index in [1.807, 2.05) is 0 Å². The van der Waals surface area contributed by atoms with Gasteiger partial charge in [-0.25, -0.2) is 0 Å². The second kappa shape index (κ2) is 2.90. The summed E-state index contributed by atoms with van der Waals surface area (Å²) in [4.78, 5) is 0. The third-order valence-corrected chi connectivity index (χ3v) is 4.42. The van der Waals surface area contributed by atoms with E-state index in [4.69, 9.17) is 0 Å². The van der Waals surface area contributed by atoms with Crippen LogP contribution in [0.4, 0.5) is 0 Å². The van der Waals surface area contributed by atoms with Gasteiger partial charge in [-0.15, -0.1) is 0 Å². The van der Waals surface area contributed by atoms with Crippen LogP contribution in [0.2, 0.25) is 0 Å². The van der Waals surface area contributed by atoms with Crippen LogP contribution in [0.25, 0.3) is 0 Å². The normalized spacial score (nSPS) is 42.6. The first kappa shape index (κ1) is 8.34. The molecule has 0 spiro atoms. The summed E-state index contributed by atoms with van der Waals surface area (Å²) in [6.45, 7) is 6.87. The minimum Gasteiger partial charge on any atom is -0.0885 e. The molecule has 2 rings (SSSR count). The van der Waals surface area contributed by atoms with Crippen LogP contribution in [0.5, 0.6) is 0 Å². The number of hydrogen-bond acceptors (Lipinski definition) is 0. The zero-order valence-corrected chi connectivity index (χ0v) is 8.51. The predicted molar refractivity (Wildman–Crippen MR) is 52.9 cm³/mol. The Bertz CT molecular complexity index is 202. The van der Waals surface area contributed by atoms with Crippen LogP contribution in [0.1, 0.15) is 40.0 Å². The van der Waals surface area contributed by atoms with Crippen molar-refractivity contribution >= 4 is 0 Å². The van der Waals surface area contributed by atoms with Gasteiger partial charge in [-0.05, 0) is 56.8 Å². The summed E-state index contributed by atoms with van der Waals surface area (Å²) in [6.07, 6.45) is 6.87. The molecule has 4 unspecified atom stereocenters. The van der Waals surface area contributed by atoms with Crippen LogP contribution in [0.3, 0.4) is 0 Å². The minimum absolute atomic E-state index is 0.858. The average Bonchev–Trinajstić information content (AvgIpc) is 2.07. The van der Waals surface area contributed by atoms with Crippen LogP contribution in [0.15, 0.2) is 11.6 Å². The third kappa shape index (κ3) is 1.04. The fraction of sp³-hybridized carbons (Fsp3) is 0.833. The molecule has 0 aromatic heterocycles. The molecule has 0 nitrogen and oxygen atoms in total. The van der Waals surface area contributed by atoms with Crippen LogP contribution >= 0.6 is 0 Å². The molecule has 0 aromatic carbocycles. The molecule has 0 heteroatoms. The van der Waals surface area contributed by atoms with E-state index in [2.05, 4.69) is 26.8 Å². The molecule has 0 N–H and O–H groups in total. The highest BCUT2D eigenvalue weighted by atomic mass is 14.5. The van der Waals surface area contributed by atoms with Gasteiger partial charge in [0.25, 0.3) is 0 Å². The van der Waals surface area contributed by atoms with Crippen molar-refractivity contribution in [3.63, 3.8) is 0 Å². The Labute approximate surface area is 76.1 Å². The molecule has 0 amide bonds. The van der Waals surface area contributed by atoms with Crippen LogP contribution < -0.4 is 0 Å². The quantitative estimate of drug-likeness (QED) is 0.547. The molecule has 0 aliphatic heterocycles. The zero-order valence-electron chi connectivity index (χ0n) is 8.51. The van der Waals surface area contributed by atoms with Crippen molar-refractivity contribution in [2.75, 3.05) is 0 Å². The summed E-state index contributed by atoms with van der Waals surface area (Å²) in [5.74, 6) is 4.16. The summed E-state index contributed by atoms with van der Waals surface area (Å²) in [5.41, 5.74) is 1.60. The molecule has 2 saturated carbocycles.